The monoisotopic (exact) mass is 542 g/mol. The number of ether oxygens (including phenoxy) is 1. The number of aromatic nitrogens is 2. The van der Waals surface area contributed by atoms with Crippen LogP contribution in [0.2, 0.25) is 5.02 Å². The topological polar surface area (TPSA) is 110 Å². The first-order valence-electron chi connectivity index (χ1n) is 12.3. The molecule has 2 aromatic heterocycles. The summed E-state index contributed by atoms with van der Waals surface area (Å²) in [5.74, 6) is -0.302. The summed E-state index contributed by atoms with van der Waals surface area (Å²) in [4.78, 5) is 8.75. The number of rotatable bonds is 7. The second kappa shape index (κ2) is 10.4. The van der Waals surface area contributed by atoms with Crippen LogP contribution in [0.4, 0.5) is 21.5 Å². The molecule has 2 aliphatic rings. The van der Waals surface area contributed by atoms with E-state index >= 15 is 0 Å². The summed E-state index contributed by atoms with van der Waals surface area (Å²) in [6.45, 7) is 3.00. The second-order valence-electron chi connectivity index (χ2n) is 9.39. The maximum absolute atomic E-state index is 13.9. The molecule has 0 bridgehead atoms. The normalized spacial score (nSPS) is 15.7. The van der Waals surface area contributed by atoms with Gasteiger partial charge in [0.1, 0.15) is 11.9 Å². The first-order chi connectivity index (χ1) is 19.0. The van der Waals surface area contributed by atoms with Crippen molar-refractivity contribution in [2.24, 2.45) is 0 Å². The van der Waals surface area contributed by atoms with Crippen molar-refractivity contribution in [1.82, 2.24) is 25.9 Å². The minimum Gasteiger partial charge on any atom is -0.377 e. The van der Waals surface area contributed by atoms with E-state index < -0.39 is 0 Å². The molecule has 0 spiro atoms. The number of nitrogens with one attached hydrogen (secondary N) is 4. The molecule has 0 saturated carbocycles. The van der Waals surface area contributed by atoms with E-state index in [-0.39, 0.29) is 17.9 Å². The van der Waals surface area contributed by atoms with Crippen LogP contribution >= 0.6 is 11.6 Å². The Balaban J connectivity index is 1.40. The van der Waals surface area contributed by atoms with Crippen LogP contribution in [0.25, 0.3) is 10.9 Å². The van der Waals surface area contributed by atoms with E-state index in [4.69, 9.17) is 16.3 Å². The molecule has 1 atom stereocenters. The van der Waals surface area contributed by atoms with Gasteiger partial charge < -0.3 is 20.8 Å². The van der Waals surface area contributed by atoms with E-state index in [9.17, 15) is 9.65 Å². The minimum absolute atomic E-state index is 0.249. The molecule has 4 heterocycles. The van der Waals surface area contributed by atoms with Crippen LogP contribution in [0.15, 0.2) is 73.0 Å². The Kier molecular flexibility index (Phi) is 6.62. The number of halogens is 2. The van der Waals surface area contributed by atoms with Gasteiger partial charge in [-0.1, -0.05) is 17.7 Å². The smallest absolute Gasteiger partial charge is 0.126 e. The fraction of sp³-hybridized carbons (Fsp3) is 0.179. The molecule has 1 saturated heterocycles. The quantitative estimate of drug-likeness (QED) is 0.254. The Morgan fingerprint density at radius 2 is 2.08 bits per heavy atom. The van der Waals surface area contributed by atoms with Gasteiger partial charge in [-0.3, -0.25) is 15.0 Å². The van der Waals surface area contributed by atoms with Gasteiger partial charge in [-0.2, -0.15) is 5.26 Å². The van der Waals surface area contributed by atoms with Crippen LogP contribution in [-0.2, 0) is 4.74 Å². The van der Waals surface area contributed by atoms with Gasteiger partial charge in [0.05, 0.1) is 52.8 Å². The molecule has 9 nitrogen and oxygen atoms in total. The Labute approximate surface area is 229 Å². The molecule has 11 heteroatoms. The number of anilines is 3. The predicted molar refractivity (Wildman–Crippen MR) is 147 cm³/mol. The number of fused-ring (bicyclic) bond motifs is 1. The highest BCUT2D eigenvalue weighted by Crippen LogP contribution is 2.37. The van der Waals surface area contributed by atoms with Gasteiger partial charge in [-0.15, -0.1) is 5.53 Å². The Morgan fingerprint density at radius 1 is 1.21 bits per heavy atom. The lowest BCUT2D eigenvalue weighted by atomic mass is 10.0. The lowest BCUT2D eigenvalue weighted by molar-refractivity contribution is -0.0635. The van der Waals surface area contributed by atoms with Crippen molar-refractivity contribution in [1.29, 1.82) is 5.26 Å². The van der Waals surface area contributed by atoms with E-state index in [2.05, 4.69) is 37.6 Å². The number of hydrogen-bond acceptors (Lipinski definition) is 9. The van der Waals surface area contributed by atoms with Crippen molar-refractivity contribution in [2.45, 2.75) is 19.0 Å². The number of nitriles is 1. The van der Waals surface area contributed by atoms with Gasteiger partial charge in [0.25, 0.3) is 0 Å². The average molecular weight is 543 g/mol. The molecule has 6 rings (SSSR count). The first-order valence-corrected chi connectivity index (χ1v) is 12.7. The molecule has 0 unspecified atom stereocenters. The van der Waals surface area contributed by atoms with Crippen molar-refractivity contribution in [2.75, 3.05) is 23.8 Å². The summed E-state index contributed by atoms with van der Waals surface area (Å²) in [6.07, 6.45) is 7.03. The molecular weight excluding hydrogens is 519 g/mol. The number of benzene rings is 2. The van der Waals surface area contributed by atoms with Gasteiger partial charge >= 0.3 is 0 Å². The molecule has 2 aromatic carbocycles. The SMILES string of the molecule is Cc1cc(Nc2c(C#N)cnc3c(Cl)cc(N[C@H](C4=CN(C5COC5)NN4)c4cccnc4)cc23)ccc1F. The van der Waals surface area contributed by atoms with Gasteiger partial charge in [-0.25, -0.2) is 4.39 Å². The molecule has 4 aromatic rings. The van der Waals surface area contributed by atoms with Crippen LogP contribution < -0.4 is 21.6 Å². The standard InChI is InChI=1S/C28H24ClFN8O/c1-16-7-19(4-5-24(16)30)34-26-18(10-31)12-33-28-22(26)8-20(9-23(28)29)35-27(17-3-2-6-32-11-17)25-13-38(37-36-25)21-14-39-15-21/h2-9,11-13,21,27,35-37H,14-15H2,1H3,(H,33,34)/t27-/m0/s1. The van der Waals surface area contributed by atoms with Crippen molar-refractivity contribution < 1.29 is 9.13 Å². The number of aryl methyl sites for hydroxylation is 1. The summed E-state index contributed by atoms with van der Waals surface area (Å²) >= 11 is 6.72. The first kappa shape index (κ1) is 24.9. The van der Waals surface area contributed by atoms with Crippen LogP contribution in [0.3, 0.4) is 0 Å². The van der Waals surface area contributed by atoms with Crippen molar-refractivity contribution in [3.63, 3.8) is 0 Å². The molecule has 2 aliphatic heterocycles. The fourth-order valence-corrected chi connectivity index (χ4v) is 4.82. The van der Waals surface area contributed by atoms with Gasteiger partial charge in [0.15, 0.2) is 0 Å². The zero-order chi connectivity index (χ0) is 26.9. The number of pyridine rings is 2. The molecule has 39 heavy (non-hydrogen) atoms. The number of hydrazine groups is 2. The van der Waals surface area contributed by atoms with Crippen molar-refractivity contribution in [3.05, 3.63) is 100 Å². The summed E-state index contributed by atoms with van der Waals surface area (Å²) in [6, 6.07) is 14.4. The largest absolute Gasteiger partial charge is 0.377 e. The average Bonchev–Trinajstić information content (AvgIpc) is 3.38. The Bertz CT molecular complexity index is 1620. The maximum Gasteiger partial charge on any atom is 0.126 e. The molecule has 0 amide bonds. The number of nitrogens with zero attached hydrogens (tertiary/aromatic N) is 4. The summed E-state index contributed by atoms with van der Waals surface area (Å²) in [5, 5.41) is 19.8. The highest BCUT2D eigenvalue weighted by atomic mass is 35.5. The third kappa shape index (κ3) is 4.91. The minimum atomic E-state index is -0.302. The van der Waals surface area contributed by atoms with Crippen LogP contribution in [0.1, 0.15) is 22.7 Å². The van der Waals surface area contributed by atoms with Crippen LogP contribution in [-0.4, -0.2) is 34.2 Å². The van der Waals surface area contributed by atoms with E-state index in [1.165, 1.54) is 12.3 Å². The molecule has 0 aliphatic carbocycles. The number of hydrogen-bond donors (Lipinski definition) is 4. The molecule has 196 valence electrons. The van der Waals surface area contributed by atoms with Crippen LogP contribution in [0, 0.1) is 24.1 Å². The summed E-state index contributed by atoms with van der Waals surface area (Å²) < 4.78 is 19.2. The summed E-state index contributed by atoms with van der Waals surface area (Å²) in [7, 11) is 0. The molecule has 0 radical (unpaired) electrons. The molecule has 4 N–H and O–H groups in total. The fourth-order valence-electron chi connectivity index (χ4n) is 4.55. The van der Waals surface area contributed by atoms with E-state index in [1.807, 2.05) is 29.4 Å². The third-order valence-corrected chi connectivity index (χ3v) is 7.02. The Morgan fingerprint density at radius 3 is 2.79 bits per heavy atom. The maximum atomic E-state index is 13.9. The zero-order valence-corrected chi connectivity index (χ0v) is 21.6. The Hall–Kier alpha value is -4.43. The molecule has 1 fully saturated rings. The zero-order valence-electron chi connectivity index (χ0n) is 20.9. The van der Waals surface area contributed by atoms with Crippen LogP contribution in [0.5, 0.6) is 0 Å². The molecular formula is C28H24ClFN8O. The van der Waals surface area contributed by atoms with Crippen molar-refractivity contribution in [3.8, 4) is 6.07 Å². The van der Waals surface area contributed by atoms with E-state index in [0.717, 1.165) is 11.3 Å². The lowest BCUT2D eigenvalue weighted by Crippen LogP contribution is -2.52. The highest BCUT2D eigenvalue weighted by molar-refractivity contribution is 6.36. The second-order valence-corrected chi connectivity index (χ2v) is 9.79. The highest BCUT2D eigenvalue weighted by Gasteiger charge is 2.30. The van der Waals surface area contributed by atoms with Gasteiger partial charge in [0, 0.05) is 41.6 Å². The lowest BCUT2D eigenvalue weighted by Gasteiger charge is -2.33. The van der Waals surface area contributed by atoms with E-state index in [0.29, 0.717) is 57.3 Å². The van der Waals surface area contributed by atoms with E-state index in [1.54, 1.807) is 37.5 Å². The third-order valence-electron chi connectivity index (χ3n) is 6.73. The van der Waals surface area contributed by atoms with Crippen molar-refractivity contribution >= 4 is 39.6 Å². The summed E-state index contributed by atoms with van der Waals surface area (Å²) in [5.41, 5.74) is 11.5. The predicted octanol–water partition coefficient (Wildman–Crippen LogP) is 5.06. The van der Waals surface area contributed by atoms with Gasteiger partial charge in [-0.05, 0) is 54.4 Å². The van der Waals surface area contributed by atoms with Gasteiger partial charge in [0.2, 0.25) is 0 Å².